The number of amides is 1. The zero-order valence-electron chi connectivity index (χ0n) is 10.2. The minimum absolute atomic E-state index is 0.0700. The Kier molecular flexibility index (Phi) is 3.85. The normalized spacial score (nSPS) is 10.3. The number of carbonyl (C=O) groups excluding carboxylic acids is 1. The zero-order chi connectivity index (χ0) is 14.0. The highest BCUT2D eigenvalue weighted by Gasteiger charge is 2.13. The van der Waals surface area contributed by atoms with Crippen LogP contribution in [0.3, 0.4) is 0 Å². The monoisotopic (exact) mass is 322 g/mol. The predicted molar refractivity (Wildman–Crippen MR) is 77.6 cm³/mol. The minimum atomic E-state index is -0.598. The van der Waals surface area contributed by atoms with Crippen molar-refractivity contribution in [2.45, 2.75) is 6.92 Å². The summed E-state index contributed by atoms with van der Waals surface area (Å²) in [6.07, 6.45) is 0. The molecule has 19 heavy (non-hydrogen) atoms. The lowest BCUT2D eigenvalue weighted by atomic mass is 10.1. The highest BCUT2D eigenvalue weighted by atomic mass is 79.9. The highest BCUT2D eigenvalue weighted by molar-refractivity contribution is 9.10. The molecule has 0 fully saturated rings. The van der Waals surface area contributed by atoms with Crippen LogP contribution in [0.4, 0.5) is 15.8 Å². The Morgan fingerprint density at radius 1 is 1.26 bits per heavy atom. The van der Waals surface area contributed by atoms with E-state index in [4.69, 9.17) is 5.73 Å². The predicted octanol–water partition coefficient (Wildman–Crippen LogP) is 3.73. The van der Waals surface area contributed by atoms with E-state index in [1.54, 1.807) is 6.07 Å². The second kappa shape index (κ2) is 5.40. The number of rotatable bonds is 2. The van der Waals surface area contributed by atoms with Gasteiger partial charge in [-0.2, -0.15) is 0 Å². The molecule has 0 aliphatic rings. The number of nitrogen functional groups attached to an aromatic ring is 1. The first-order valence-electron chi connectivity index (χ1n) is 5.60. The van der Waals surface area contributed by atoms with E-state index in [2.05, 4.69) is 21.2 Å². The van der Waals surface area contributed by atoms with Crippen molar-refractivity contribution in [3.05, 3.63) is 57.8 Å². The van der Waals surface area contributed by atoms with Crippen LogP contribution in [0.25, 0.3) is 0 Å². The van der Waals surface area contributed by atoms with Crippen LogP contribution in [-0.4, -0.2) is 5.91 Å². The summed E-state index contributed by atoms with van der Waals surface area (Å²) in [7, 11) is 0. The molecule has 0 aliphatic heterocycles. The molecule has 0 aliphatic carbocycles. The summed E-state index contributed by atoms with van der Waals surface area (Å²) in [5, 5.41) is 2.67. The van der Waals surface area contributed by atoms with E-state index in [1.165, 1.54) is 18.2 Å². The number of nitrogens with two attached hydrogens (primary N) is 1. The van der Waals surface area contributed by atoms with Gasteiger partial charge in [0.2, 0.25) is 0 Å². The van der Waals surface area contributed by atoms with Crippen LogP contribution in [-0.2, 0) is 0 Å². The number of hydrogen-bond donors (Lipinski definition) is 2. The first kappa shape index (κ1) is 13.5. The van der Waals surface area contributed by atoms with E-state index < -0.39 is 11.7 Å². The van der Waals surface area contributed by atoms with Crippen LogP contribution in [0.2, 0.25) is 0 Å². The summed E-state index contributed by atoms with van der Waals surface area (Å²) >= 11 is 3.32. The molecule has 2 aromatic carbocycles. The highest BCUT2D eigenvalue weighted by Crippen LogP contribution is 2.22. The molecule has 0 bridgehead atoms. The van der Waals surface area contributed by atoms with Gasteiger partial charge >= 0.3 is 0 Å². The molecule has 0 atom stereocenters. The molecule has 3 nitrogen and oxygen atoms in total. The van der Waals surface area contributed by atoms with Gasteiger partial charge in [0.25, 0.3) is 5.91 Å². The van der Waals surface area contributed by atoms with Crippen molar-refractivity contribution in [3.63, 3.8) is 0 Å². The second-order valence-corrected chi connectivity index (χ2v) is 5.07. The van der Waals surface area contributed by atoms with Gasteiger partial charge in [0.05, 0.1) is 5.56 Å². The van der Waals surface area contributed by atoms with E-state index in [-0.39, 0.29) is 5.56 Å². The number of aryl methyl sites for hydroxylation is 1. The number of halogens is 2. The van der Waals surface area contributed by atoms with Gasteiger partial charge in [-0.25, -0.2) is 4.39 Å². The fraction of sp³-hybridized carbons (Fsp3) is 0.0714. The fourth-order valence-electron chi connectivity index (χ4n) is 1.64. The van der Waals surface area contributed by atoms with Crippen molar-refractivity contribution >= 4 is 33.2 Å². The summed E-state index contributed by atoms with van der Waals surface area (Å²) in [6, 6.07) is 9.39. The summed E-state index contributed by atoms with van der Waals surface area (Å²) in [4.78, 5) is 12.0. The molecule has 98 valence electrons. The number of carbonyl (C=O) groups is 1. The molecular weight excluding hydrogens is 311 g/mol. The lowest BCUT2D eigenvalue weighted by molar-refractivity contribution is 0.102. The van der Waals surface area contributed by atoms with E-state index in [9.17, 15) is 9.18 Å². The summed E-state index contributed by atoms with van der Waals surface area (Å²) < 4.78 is 14.4. The van der Waals surface area contributed by atoms with Gasteiger partial charge in [0, 0.05) is 15.8 Å². The second-order valence-electron chi connectivity index (χ2n) is 4.15. The van der Waals surface area contributed by atoms with Gasteiger partial charge in [-0.05, 0) is 42.8 Å². The summed E-state index contributed by atoms with van der Waals surface area (Å²) in [5.74, 6) is -1.12. The Labute approximate surface area is 118 Å². The Morgan fingerprint density at radius 3 is 2.74 bits per heavy atom. The van der Waals surface area contributed by atoms with Crippen LogP contribution in [0.5, 0.6) is 0 Å². The molecular formula is C14H12BrFN2O. The Hall–Kier alpha value is -1.88. The lowest BCUT2D eigenvalue weighted by Gasteiger charge is -2.10. The summed E-state index contributed by atoms with van der Waals surface area (Å²) in [5.41, 5.74) is 7.35. The van der Waals surface area contributed by atoms with Crippen LogP contribution >= 0.6 is 15.9 Å². The minimum Gasteiger partial charge on any atom is -0.399 e. The first-order chi connectivity index (χ1) is 8.97. The molecule has 2 rings (SSSR count). The molecule has 0 unspecified atom stereocenters. The van der Waals surface area contributed by atoms with E-state index in [0.717, 1.165) is 10.0 Å². The third kappa shape index (κ3) is 3.12. The average molecular weight is 323 g/mol. The third-order valence-corrected chi connectivity index (χ3v) is 3.18. The van der Waals surface area contributed by atoms with Crippen LogP contribution < -0.4 is 11.1 Å². The molecule has 0 saturated carbocycles. The van der Waals surface area contributed by atoms with Crippen LogP contribution in [0, 0.1) is 12.7 Å². The van der Waals surface area contributed by atoms with Crippen molar-refractivity contribution in [3.8, 4) is 0 Å². The van der Waals surface area contributed by atoms with Crippen molar-refractivity contribution in [2.24, 2.45) is 0 Å². The largest absolute Gasteiger partial charge is 0.399 e. The molecule has 1 amide bonds. The lowest BCUT2D eigenvalue weighted by Crippen LogP contribution is -2.15. The van der Waals surface area contributed by atoms with Gasteiger partial charge < -0.3 is 11.1 Å². The van der Waals surface area contributed by atoms with Gasteiger partial charge in [0.15, 0.2) is 0 Å². The Bertz CT molecular complexity index is 643. The number of anilines is 2. The molecule has 0 spiro atoms. The maximum atomic E-state index is 13.6. The Morgan fingerprint density at radius 2 is 2.00 bits per heavy atom. The molecule has 3 N–H and O–H groups in total. The van der Waals surface area contributed by atoms with Crippen molar-refractivity contribution in [1.29, 1.82) is 0 Å². The maximum absolute atomic E-state index is 13.6. The fourth-order valence-corrected chi connectivity index (χ4v) is 2.00. The molecule has 0 heterocycles. The average Bonchev–Trinajstić information content (AvgIpc) is 2.36. The van der Waals surface area contributed by atoms with Crippen LogP contribution in [0.1, 0.15) is 15.9 Å². The van der Waals surface area contributed by atoms with Gasteiger partial charge in [-0.15, -0.1) is 0 Å². The van der Waals surface area contributed by atoms with Crippen LogP contribution in [0.15, 0.2) is 40.9 Å². The molecule has 0 aromatic heterocycles. The number of benzene rings is 2. The molecule has 0 radical (unpaired) electrons. The van der Waals surface area contributed by atoms with E-state index in [1.807, 2.05) is 19.1 Å². The van der Waals surface area contributed by atoms with Crippen molar-refractivity contribution in [1.82, 2.24) is 0 Å². The molecule has 0 saturated heterocycles. The van der Waals surface area contributed by atoms with Crippen molar-refractivity contribution in [2.75, 3.05) is 11.1 Å². The Balaban J connectivity index is 2.30. The molecule has 2 aromatic rings. The maximum Gasteiger partial charge on any atom is 0.258 e. The third-order valence-electron chi connectivity index (χ3n) is 2.68. The van der Waals surface area contributed by atoms with Gasteiger partial charge in [-0.1, -0.05) is 22.0 Å². The van der Waals surface area contributed by atoms with E-state index in [0.29, 0.717) is 11.4 Å². The topological polar surface area (TPSA) is 55.1 Å². The smallest absolute Gasteiger partial charge is 0.258 e. The number of hydrogen-bond acceptors (Lipinski definition) is 2. The van der Waals surface area contributed by atoms with E-state index >= 15 is 0 Å². The standard InChI is InChI=1S/C14H12BrFN2O/c1-8-2-3-9(15)6-13(8)18-14(19)11-7-10(17)4-5-12(11)16/h2-7H,17H2,1H3,(H,18,19). The van der Waals surface area contributed by atoms with Crippen molar-refractivity contribution < 1.29 is 9.18 Å². The SMILES string of the molecule is Cc1ccc(Br)cc1NC(=O)c1cc(N)ccc1F. The van der Waals surface area contributed by atoms with Gasteiger partial charge in [0.1, 0.15) is 5.82 Å². The zero-order valence-corrected chi connectivity index (χ0v) is 11.8. The molecule has 5 heteroatoms. The first-order valence-corrected chi connectivity index (χ1v) is 6.39. The van der Waals surface area contributed by atoms with Gasteiger partial charge in [-0.3, -0.25) is 4.79 Å². The number of nitrogens with one attached hydrogen (secondary N) is 1. The quantitative estimate of drug-likeness (QED) is 0.828. The summed E-state index contributed by atoms with van der Waals surface area (Å²) in [6.45, 7) is 1.86.